The van der Waals surface area contributed by atoms with Crippen LogP contribution in [0.1, 0.15) is 44.4 Å². The number of hydrogen-bond donors (Lipinski definition) is 1. The first kappa shape index (κ1) is 18.0. The van der Waals surface area contributed by atoms with Gasteiger partial charge >= 0.3 is 0 Å². The molecule has 1 fully saturated rings. The van der Waals surface area contributed by atoms with Crippen molar-refractivity contribution in [3.63, 3.8) is 0 Å². The summed E-state index contributed by atoms with van der Waals surface area (Å²) in [6.45, 7) is 5.60. The summed E-state index contributed by atoms with van der Waals surface area (Å²) in [5.74, 6) is 1.34. The quantitative estimate of drug-likeness (QED) is 0.845. The third-order valence-electron chi connectivity index (χ3n) is 4.61. The van der Waals surface area contributed by atoms with Gasteiger partial charge in [-0.15, -0.1) is 0 Å². The lowest BCUT2D eigenvalue weighted by Gasteiger charge is -2.34. The summed E-state index contributed by atoms with van der Waals surface area (Å²) in [6, 6.07) is 8.48. The Bertz CT molecular complexity index is 783. The molecule has 3 rings (SSSR count). The zero-order valence-electron chi connectivity index (χ0n) is 14.6. The minimum Gasteiger partial charge on any atom is -0.338 e. The van der Waals surface area contributed by atoms with E-state index in [1.54, 1.807) is 30.3 Å². The van der Waals surface area contributed by atoms with Crippen LogP contribution in [-0.4, -0.2) is 42.6 Å². The fourth-order valence-corrected chi connectivity index (χ4v) is 4.35. The first-order chi connectivity index (χ1) is 12.0. The molecule has 0 saturated carbocycles. The number of sulfonamides is 1. The van der Waals surface area contributed by atoms with Gasteiger partial charge in [-0.25, -0.2) is 13.1 Å². The third-order valence-corrected chi connectivity index (χ3v) is 6.15. The Kier molecular flexibility index (Phi) is 5.51. The van der Waals surface area contributed by atoms with Gasteiger partial charge in [0.2, 0.25) is 15.9 Å². The average Bonchev–Trinajstić information content (AvgIpc) is 3.11. The van der Waals surface area contributed by atoms with Crippen LogP contribution in [0.15, 0.2) is 39.8 Å². The lowest BCUT2D eigenvalue weighted by molar-refractivity contribution is 0.134. The molecule has 2 aromatic rings. The van der Waals surface area contributed by atoms with Crippen LogP contribution in [0.5, 0.6) is 0 Å². The summed E-state index contributed by atoms with van der Waals surface area (Å²) < 4.78 is 33.0. The second kappa shape index (κ2) is 7.63. The molecule has 1 aliphatic heterocycles. The fourth-order valence-electron chi connectivity index (χ4n) is 3.03. The summed E-state index contributed by atoms with van der Waals surface area (Å²) >= 11 is 0. The van der Waals surface area contributed by atoms with Gasteiger partial charge in [0, 0.05) is 25.6 Å². The van der Waals surface area contributed by atoms with Gasteiger partial charge < -0.3 is 4.52 Å². The van der Waals surface area contributed by atoms with Crippen LogP contribution in [0, 0.1) is 0 Å². The molecule has 1 aromatic heterocycles. The Hall–Kier alpha value is -1.77. The van der Waals surface area contributed by atoms with E-state index in [-0.39, 0.29) is 12.1 Å². The van der Waals surface area contributed by atoms with Gasteiger partial charge in [-0.05, 0) is 31.9 Å². The molecule has 0 spiro atoms. The van der Waals surface area contributed by atoms with E-state index >= 15 is 0 Å². The smallest absolute Gasteiger partial charge is 0.243 e. The highest BCUT2D eigenvalue weighted by molar-refractivity contribution is 7.89. The minimum absolute atomic E-state index is 0.0412. The SMILES string of the molecule is CCc1noc([C@H](C)N2CCC(NS(=O)(=O)c3ccccc3)CC2)n1. The van der Waals surface area contributed by atoms with Crippen LogP contribution in [-0.2, 0) is 16.4 Å². The number of piperidine rings is 1. The van der Waals surface area contributed by atoms with Gasteiger partial charge in [-0.3, -0.25) is 4.90 Å². The monoisotopic (exact) mass is 364 g/mol. The van der Waals surface area contributed by atoms with E-state index in [0.29, 0.717) is 16.6 Å². The topological polar surface area (TPSA) is 88.3 Å². The maximum atomic E-state index is 12.4. The van der Waals surface area contributed by atoms with Gasteiger partial charge in [0.1, 0.15) is 0 Å². The van der Waals surface area contributed by atoms with Gasteiger partial charge in [-0.1, -0.05) is 30.3 Å². The van der Waals surface area contributed by atoms with Crippen molar-refractivity contribution in [3.05, 3.63) is 42.0 Å². The lowest BCUT2D eigenvalue weighted by Crippen LogP contribution is -2.45. The fraction of sp³-hybridized carbons (Fsp3) is 0.529. The molecule has 8 heteroatoms. The molecule has 1 atom stereocenters. The van der Waals surface area contributed by atoms with Crippen molar-refractivity contribution in [1.29, 1.82) is 0 Å². The van der Waals surface area contributed by atoms with Crippen LogP contribution in [0.2, 0.25) is 0 Å². The number of aryl methyl sites for hydroxylation is 1. The predicted molar refractivity (Wildman–Crippen MR) is 93.4 cm³/mol. The van der Waals surface area contributed by atoms with E-state index in [1.165, 1.54) is 0 Å². The molecule has 7 nitrogen and oxygen atoms in total. The van der Waals surface area contributed by atoms with Crippen LogP contribution in [0.3, 0.4) is 0 Å². The van der Waals surface area contributed by atoms with Gasteiger partial charge in [0.05, 0.1) is 10.9 Å². The summed E-state index contributed by atoms with van der Waals surface area (Å²) in [7, 11) is -3.46. The van der Waals surface area contributed by atoms with Gasteiger partial charge in [0.25, 0.3) is 0 Å². The zero-order chi connectivity index (χ0) is 17.9. The first-order valence-electron chi connectivity index (χ1n) is 8.63. The maximum Gasteiger partial charge on any atom is 0.243 e. The highest BCUT2D eigenvalue weighted by atomic mass is 32.2. The van der Waals surface area contributed by atoms with E-state index in [2.05, 4.69) is 19.8 Å². The van der Waals surface area contributed by atoms with Gasteiger partial charge in [-0.2, -0.15) is 4.98 Å². The van der Waals surface area contributed by atoms with Crippen LogP contribution < -0.4 is 4.72 Å². The van der Waals surface area contributed by atoms with Crippen molar-refractivity contribution in [2.45, 2.75) is 50.1 Å². The zero-order valence-corrected chi connectivity index (χ0v) is 15.4. The van der Waals surface area contributed by atoms with Crippen LogP contribution in [0.25, 0.3) is 0 Å². The second-order valence-corrected chi connectivity index (χ2v) is 8.04. The Morgan fingerprint density at radius 3 is 2.56 bits per heavy atom. The van der Waals surface area contributed by atoms with E-state index in [1.807, 2.05) is 13.8 Å². The van der Waals surface area contributed by atoms with Gasteiger partial charge in [0.15, 0.2) is 5.82 Å². The van der Waals surface area contributed by atoms with E-state index in [9.17, 15) is 8.42 Å². The molecule has 0 bridgehead atoms. The van der Waals surface area contributed by atoms with Crippen LogP contribution >= 0.6 is 0 Å². The van der Waals surface area contributed by atoms with E-state index in [4.69, 9.17) is 4.52 Å². The molecule has 0 amide bonds. The minimum atomic E-state index is -3.46. The lowest BCUT2D eigenvalue weighted by atomic mass is 10.0. The highest BCUT2D eigenvalue weighted by Crippen LogP contribution is 2.24. The number of benzene rings is 1. The van der Waals surface area contributed by atoms with Crippen molar-refractivity contribution < 1.29 is 12.9 Å². The number of hydrogen-bond acceptors (Lipinski definition) is 6. The molecule has 1 aromatic carbocycles. The molecular weight excluding hydrogens is 340 g/mol. The van der Waals surface area contributed by atoms with E-state index < -0.39 is 10.0 Å². The van der Waals surface area contributed by atoms with Crippen molar-refractivity contribution >= 4 is 10.0 Å². The Balaban J connectivity index is 1.56. The summed E-state index contributed by atoms with van der Waals surface area (Å²) in [5, 5.41) is 3.94. The number of aromatic nitrogens is 2. The third kappa shape index (κ3) is 4.26. The second-order valence-electron chi connectivity index (χ2n) is 6.32. The standard InChI is InChI=1S/C17H24N4O3S/c1-3-16-18-17(24-19-16)13(2)21-11-9-14(10-12-21)20-25(22,23)15-7-5-4-6-8-15/h4-8,13-14,20H,3,9-12H2,1-2H3/t13-/m0/s1. The largest absolute Gasteiger partial charge is 0.338 e. The maximum absolute atomic E-state index is 12.4. The number of nitrogens with zero attached hydrogens (tertiary/aromatic N) is 3. The number of likely N-dealkylation sites (tertiary alicyclic amines) is 1. The van der Waals surface area contributed by atoms with Crippen molar-refractivity contribution in [2.24, 2.45) is 0 Å². The van der Waals surface area contributed by atoms with Crippen molar-refractivity contribution in [1.82, 2.24) is 19.8 Å². The average molecular weight is 364 g/mol. The highest BCUT2D eigenvalue weighted by Gasteiger charge is 2.29. The first-order valence-corrected chi connectivity index (χ1v) is 10.1. The van der Waals surface area contributed by atoms with E-state index in [0.717, 1.165) is 32.4 Å². The van der Waals surface area contributed by atoms with Crippen molar-refractivity contribution in [3.8, 4) is 0 Å². The molecule has 0 unspecified atom stereocenters. The molecule has 1 saturated heterocycles. The molecule has 2 heterocycles. The Labute approximate surface area is 148 Å². The van der Waals surface area contributed by atoms with Crippen molar-refractivity contribution in [2.75, 3.05) is 13.1 Å². The summed E-state index contributed by atoms with van der Waals surface area (Å²) in [6.07, 6.45) is 2.26. The normalized spacial score (nSPS) is 18.3. The molecule has 1 aliphatic rings. The summed E-state index contributed by atoms with van der Waals surface area (Å²) in [5.41, 5.74) is 0. The predicted octanol–water partition coefficient (Wildman–Crippen LogP) is 2.14. The molecule has 136 valence electrons. The number of nitrogens with one attached hydrogen (secondary N) is 1. The molecule has 0 radical (unpaired) electrons. The molecule has 25 heavy (non-hydrogen) atoms. The Morgan fingerprint density at radius 2 is 1.96 bits per heavy atom. The Morgan fingerprint density at radius 1 is 1.28 bits per heavy atom. The summed E-state index contributed by atoms with van der Waals surface area (Å²) in [4.78, 5) is 6.95. The van der Waals surface area contributed by atoms with Crippen LogP contribution in [0.4, 0.5) is 0 Å². The molecular formula is C17H24N4O3S. The number of rotatable bonds is 6. The molecule has 0 aliphatic carbocycles. The molecule has 1 N–H and O–H groups in total.